The Morgan fingerprint density at radius 2 is 1.73 bits per heavy atom. The molecule has 2 unspecified atom stereocenters. The zero-order valence-electron chi connectivity index (χ0n) is 19.9. The molecular weight excluding hydrogens is 428 g/mol. The minimum absolute atomic E-state index is 0.0764. The van der Waals surface area contributed by atoms with Crippen LogP contribution in [0.4, 0.5) is 0 Å². The van der Waals surface area contributed by atoms with E-state index < -0.39 is 30.5 Å². The Bertz CT molecular complexity index is 897. The molecule has 2 heterocycles. The first-order valence-corrected chi connectivity index (χ1v) is 11.4. The van der Waals surface area contributed by atoms with Gasteiger partial charge in [-0.2, -0.15) is 0 Å². The highest BCUT2D eigenvalue weighted by Crippen LogP contribution is 2.30. The van der Waals surface area contributed by atoms with Crippen LogP contribution in [-0.2, 0) is 11.2 Å². The van der Waals surface area contributed by atoms with Crippen molar-refractivity contribution in [2.24, 2.45) is 5.92 Å². The number of aliphatic hydroxyl groups is 4. The molecule has 33 heavy (non-hydrogen) atoms. The van der Waals surface area contributed by atoms with Gasteiger partial charge in [0.25, 0.3) is 0 Å². The Morgan fingerprint density at radius 1 is 1.06 bits per heavy atom. The standard InChI is InChI=1S/C24H36N2O7/c1-13(2)26-15(5)19(10-16-6-8-18(9-7-16)32-14(3)4)23(25-26)33-24-22(30)21(29)20(28)17(11-27)12-31-24/h6-9,13-14,17,20-22,24,27-30H,10-12H2,1-5H3/t17?,20-,21+,22?,24+/m1/s1. The topological polar surface area (TPSA) is 126 Å². The summed E-state index contributed by atoms with van der Waals surface area (Å²) in [4.78, 5) is 0. The van der Waals surface area contributed by atoms with Crippen LogP contribution in [0.1, 0.15) is 50.6 Å². The second-order valence-corrected chi connectivity index (χ2v) is 9.13. The molecule has 0 radical (unpaired) electrons. The highest BCUT2D eigenvalue weighted by Gasteiger charge is 2.41. The predicted octanol–water partition coefficient (Wildman–Crippen LogP) is 1.58. The van der Waals surface area contributed by atoms with Crippen molar-refractivity contribution in [1.82, 2.24) is 9.78 Å². The lowest BCUT2D eigenvalue weighted by Crippen LogP contribution is -2.47. The van der Waals surface area contributed by atoms with Crippen molar-refractivity contribution in [2.75, 3.05) is 13.2 Å². The van der Waals surface area contributed by atoms with E-state index in [4.69, 9.17) is 14.2 Å². The van der Waals surface area contributed by atoms with E-state index in [9.17, 15) is 20.4 Å². The lowest BCUT2D eigenvalue weighted by atomic mass is 9.97. The number of rotatable bonds is 8. The quantitative estimate of drug-likeness (QED) is 0.464. The fraction of sp³-hybridized carbons (Fsp3) is 0.625. The van der Waals surface area contributed by atoms with Gasteiger partial charge in [-0.15, -0.1) is 5.10 Å². The second-order valence-electron chi connectivity index (χ2n) is 9.13. The molecular formula is C24H36N2O7. The fourth-order valence-corrected chi connectivity index (χ4v) is 3.92. The minimum Gasteiger partial charge on any atom is -0.491 e. The zero-order valence-corrected chi connectivity index (χ0v) is 19.9. The smallest absolute Gasteiger partial charge is 0.239 e. The maximum absolute atomic E-state index is 10.5. The van der Waals surface area contributed by atoms with E-state index in [0.717, 1.165) is 22.6 Å². The summed E-state index contributed by atoms with van der Waals surface area (Å²) in [5.41, 5.74) is 2.77. The van der Waals surface area contributed by atoms with Crippen LogP contribution in [0.15, 0.2) is 24.3 Å². The molecule has 184 valence electrons. The first-order valence-electron chi connectivity index (χ1n) is 11.4. The maximum atomic E-state index is 10.5. The monoisotopic (exact) mass is 464 g/mol. The van der Waals surface area contributed by atoms with Crippen LogP contribution in [0, 0.1) is 12.8 Å². The lowest BCUT2D eigenvalue weighted by Gasteiger charge is -2.25. The van der Waals surface area contributed by atoms with Crippen LogP contribution in [-0.4, -0.2) is 74.1 Å². The summed E-state index contributed by atoms with van der Waals surface area (Å²) >= 11 is 0. The highest BCUT2D eigenvalue weighted by atomic mass is 16.7. The van der Waals surface area contributed by atoms with Crippen LogP contribution in [0.25, 0.3) is 0 Å². The fourth-order valence-electron chi connectivity index (χ4n) is 3.92. The number of aromatic nitrogens is 2. The molecule has 4 N–H and O–H groups in total. The number of aliphatic hydroxyl groups excluding tert-OH is 4. The largest absolute Gasteiger partial charge is 0.491 e. The van der Waals surface area contributed by atoms with E-state index in [1.807, 2.05) is 63.6 Å². The molecule has 1 saturated heterocycles. The summed E-state index contributed by atoms with van der Waals surface area (Å²) in [7, 11) is 0. The van der Waals surface area contributed by atoms with Gasteiger partial charge in [0.1, 0.15) is 18.0 Å². The molecule has 9 nitrogen and oxygen atoms in total. The van der Waals surface area contributed by atoms with E-state index in [-0.39, 0.29) is 31.2 Å². The molecule has 3 rings (SSSR count). The van der Waals surface area contributed by atoms with Crippen LogP contribution in [0.3, 0.4) is 0 Å². The SMILES string of the molecule is Cc1c(Cc2ccc(OC(C)C)cc2)c(O[C@@H]2OCC(CO)[C@@H](O)[C@H](O)C2O)nn1C(C)C. The second kappa shape index (κ2) is 10.8. The number of hydrogen-bond acceptors (Lipinski definition) is 8. The molecule has 9 heteroatoms. The molecule has 0 bridgehead atoms. The normalized spacial score (nSPS) is 26.0. The van der Waals surface area contributed by atoms with Crippen molar-refractivity contribution in [1.29, 1.82) is 0 Å². The summed E-state index contributed by atoms with van der Waals surface area (Å²) in [6, 6.07) is 7.88. The predicted molar refractivity (Wildman–Crippen MR) is 121 cm³/mol. The van der Waals surface area contributed by atoms with Crippen LogP contribution >= 0.6 is 0 Å². The van der Waals surface area contributed by atoms with Crippen LogP contribution in [0.5, 0.6) is 11.6 Å². The van der Waals surface area contributed by atoms with Gasteiger partial charge in [0.2, 0.25) is 12.2 Å². The Hall–Kier alpha value is -2.17. The van der Waals surface area contributed by atoms with Crippen molar-refractivity contribution in [3.8, 4) is 11.6 Å². The van der Waals surface area contributed by atoms with Gasteiger partial charge in [-0.05, 0) is 52.3 Å². The van der Waals surface area contributed by atoms with Gasteiger partial charge in [0.15, 0.2) is 0 Å². The third kappa shape index (κ3) is 5.85. The third-order valence-electron chi connectivity index (χ3n) is 5.80. The van der Waals surface area contributed by atoms with Crippen molar-refractivity contribution in [3.63, 3.8) is 0 Å². The summed E-state index contributed by atoms with van der Waals surface area (Å²) in [6.07, 6.45) is -5.00. The average molecular weight is 465 g/mol. The zero-order chi connectivity index (χ0) is 24.3. The summed E-state index contributed by atoms with van der Waals surface area (Å²) < 4.78 is 19.1. The van der Waals surface area contributed by atoms with Crippen molar-refractivity contribution in [2.45, 2.75) is 77.8 Å². The molecule has 1 aromatic carbocycles. The first-order chi connectivity index (χ1) is 15.6. The minimum atomic E-state index is -1.53. The number of ether oxygens (including phenoxy) is 3. The molecule has 5 atom stereocenters. The number of nitrogens with zero attached hydrogens (tertiary/aromatic N) is 2. The molecule has 2 aromatic rings. The van der Waals surface area contributed by atoms with Crippen molar-refractivity contribution < 1.29 is 34.6 Å². The molecule has 1 aliphatic rings. The van der Waals surface area contributed by atoms with Gasteiger partial charge in [0, 0.05) is 29.6 Å². The molecule has 0 aliphatic carbocycles. The van der Waals surface area contributed by atoms with Crippen LogP contribution in [0.2, 0.25) is 0 Å². The Kier molecular flexibility index (Phi) is 8.36. The third-order valence-corrected chi connectivity index (χ3v) is 5.80. The van der Waals surface area contributed by atoms with Gasteiger partial charge < -0.3 is 34.6 Å². The van der Waals surface area contributed by atoms with E-state index in [0.29, 0.717) is 6.42 Å². The summed E-state index contributed by atoms with van der Waals surface area (Å²) in [5, 5.41) is 45.1. The van der Waals surface area contributed by atoms with Gasteiger partial charge >= 0.3 is 0 Å². The Balaban J connectivity index is 1.87. The average Bonchev–Trinajstić information content (AvgIpc) is 3.03. The van der Waals surface area contributed by atoms with E-state index in [1.54, 1.807) is 0 Å². The summed E-state index contributed by atoms with van der Waals surface area (Å²) in [5.74, 6) is 0.349. The Morgan fingerprint density at radius 3 is 2.30 bits per heavy atom. The van der Waals surface area contributed by atoms with E-state index in [1.165, 1.54) is 0 Å². The summed E-state index contributed by atoms with van der Waals surface area (Å²) in [6.45, 7) is 9.46. The molecule has 0 amide bonds. The molecule has 0 spiro atoms. The molecule has 1 fully saturated rings. The molecule has 0 saturated carbocycles. The van der Waals surface area contributed by atoms with Gasteiger partial charge in [0.05, 0.1) is 25.4 Å². The van der Waals surface area contributed by atoms with E-state index >= 15 is 0 Å². The van der Waals surface area contributed by atoms with Gasteiger partial charge in [-0.1, -0.05) is 12.1 Å². The maximum Gasteiger partial charge on any atom is 0.239 e. The van der Waals surface area contributed by atoms with Crippen molar-refractivity contribution >= 4 is 0 Å². The van der Waals surface area contributed by atoms with E-state index in [2.05, 4.69) is 5.10 Å². The van der Waals surface area contributed by atoms with Gasteiger partial charge in [-0.25, -0.2) is 0 Å². The van der Waals surface area contributed by atoms with Gasteiger partial charge in [-0.3, -0.25) is 4.68 Å². The van der Waals surface area contributed by atoms with Crippen LogP contribution < -0.4 is 9.47 Å². The number of hydrogen-bond donors (Lipinski definition) is 4. The van der Waals surface area contributed by atoms with Crippen molar-refractivity contribution in [3.05, 3.63) is 41.1 Å². The lowest BCUT2D eigenvalue weighted by molar-refractivity contribution is -0.168. The number of benzene rings is 1. The Labute approximate surface area is 194 Å². The first kappa shape index (κ1) is 25.5. The molecule has 1 aromatic heterocycles. The molecule has 1 aliphatic heterocycles. The highest BCUT2D eigenvalue weighted by molar-refractivity contribution is 5.38.